The van der Waals surface area contributed by atoms with Crippen LogP contribution in [0.1, 0.15) is 57.7 Å². The molecule has 0 atom stereocenters. The number of aromatic hydroxyl groups is 1. The van der Waals surface area contributed by atoms with E-state index in [0.717, 1.165) is 0 Å². The number of phenolic OH excluding ortho intramolecular Hbond substituents is 1. The highest BCUT2D eigenvalue weighted by atomic mass is 16.5. The Morgan fingerprint density at radius 3 is 2.04 bits per heavy atom. The number of hydrogen-bond donors (Lipinski definition) is 6. The van der Waals surface area contributed by atoms with Gasteiger partial charge in [-0.05, 0) is 64.1 Å². The van der Waals surface area contributed by atoms with Gasteiger partial charge >= 0.3 is 0 Å². The van der Waals surface area contributed by atoms with Crippen LogP contribution in [0.15, 0.2) is 59.2 Å². The van der Waals surface area contributed by atoms with E-state index in [1.54, 1.807) is 52.8 Å². The molecule has 0 radical (unpaired) electrons. The number of allylic oxidation sites excluding steroid dienone is 3. The van der Waals surface area contributed by atoms with Gasteiger partial charge in [0.1, 0.15) is 33.9 Å². The first-order chi connectivity index (χ1) is 25.3. The number of phenols is 1. The average Bonchev–Trinajstić information content (AvgIpc) is 3.77. The number of nitrogens with one attached hydrogen (secondary N) is 2. The van der Waals surface area contributed by atoms with Crippen molar-refractivity contribution in [1.82, 2.24) is 28.9 Å². The van der Waals surface area contributed by atoms with Crippen molar-refractivity contribution in [3.8, 4) is 11.5 Å². The highest BCUT2D eigenvalue weighted by molar-refractivity contribution is 6.47. The Bertz CT molecular complexity index is 2360. The Morgan fingerprint density at radius 1 is 0.887 bits per heavy atom. The summed E-state index contributed by atoms with van der Waals surface area (Å²) < 4.78 is 10.4. The number of hydrogen-bond acceptors (Lipinski definition) is 11. The molecule has 0 aliphatic rings. The van der Waals surface area contributed by atoms with Crippen LogP contribution in [0.4, 0.5) is 11.9 Å². The van der Waals surface area contributed by atoms with Crippen molar-refractivity contribution in [2.24, 2.45) is 22.2 Å². The van der Waals surface area contributed by atoms with Crippen LogP contribution in [-0.2, 0) is 24.4 Å². The van der Waals surface area contributed by atoms with Crippen LogP contribution >= 0.6 is 0 Å². The molecule has 53 heavy (non-hydrogen) atoms. The number of benzene rings is 2. The summed E-state index contributed by atoms with van der Waals surface area (Å²) in [6.07, 6.45) is 4.94. The van der Waals surface area contributed by atoms with Crippen molar-refractivity contribution < 1.29 is 29.0 Å². The lowest BCUT2D eigenvalue weighted by Gasteiger charge is -2.12. The Morgan fingerprint density at radius 2 is 1.47 bits per heavy atom. The molecule has 0 bridgehead atoms. The first-order valence-electron chi connectivity index (χ1n) is 16.5. The fraction of sp³-hybridized carbons (Fsp3) is 0.257. The number of ether oxygens (including phenoxy) is 1. The minimum Gasteiger partial charge on any atom is -0.506 e. The van der Waals surface area contributed by atoms with Crippen molar-refractivity contribution >= 4 is 63.3 Å². The summed E-state index contributed by atoms with van der Waals surface area (Å²) in [5.41, 5.74) is 19.7. The van der Waals surface area contributed by atoms with E-state index >= 15 is 0 Å². The Labute approximate surface area is 303 Å². The van der Waals surface area contributed by atoms with Gasteiger partial charge in [-0.1, -0.05) is 12.2 Å². The molecule has 18 heteroatoms. The fourth-order valence-corrected chi connectivity index (χ4v) is 5.69. The number of anilines is 2. The second-order valence-corrected chi connectivity index (χ2v) is 11.8. The fourth-order valence-electron chi connectivity index (χ4n) is 5.69. The molecule has 5 rings (SSSR count). The summed E-state index contributed by atoms with van der Waals surface area (Å²) in [7, 11) is 1.43. The maximum absolute atomic E-state index is 13.4. The number of nitrogens with two attached hydrogens (primary N) is 3. The third kappa shape index (κ3) is 7.85. The smallest absolute Gasteiger partial charge is 0.276 e. The molecule has 0 saturated carbocycles. The number of aromatic nitrogens is 6. The van der Waals surface area contributed by atoms with E-state index in [4.69, 9.17) is 21.9 Å². The van der Waals surface area contributed by atoms with Crippen LogP contribution in [-0.4, -0.2) is 77.0 Å². The van der Waals surface area contributed by atoms with E-state index in [2.05, 4.69) is 30.7 Å². The first kappa shape index (κ1) is 37.3. The third-order valence-corrected chi connectivity index (χ3v) is 7.97. The van der Waals surface area contributed by atoms with Gasteiger partial charge in [0.15, 0.2) is 0 Å². The SMILES string of the molecule is CCN=C(/C=C(/C)N)C(=O)Nc1nc2cc(C(N)=O)cc(OC)c2n1C/C=C/Cn1c(NC(=O)c2cc(C)nn2CC)nc2cc(C(N)=O)cc(O)c21. The van der Waals surface area contributed by atoms with Gasteiger partial charge in [-0.15, -0.1) is 0 Å². The lowest BCUT2D eigenvalue weighted by molar-refractivity contribution is -0.110. The van der Waals surface area contributed by atoms with Crippen LogP contribution in [0.2, 0.25) is 0 Å². The lowest BCUT2D eigenvalue weighted by atomic mass is 10.1. The van der Waals surface area contributed by atoms with Crippen LogP contribution < -0.4 is 32.6 Å². The van der Waals surface area contributed by atoms with Crippen LogP contribution in [0.3, 0.4) is 0 Å². The standard InChI is InChI=1S/C35H40N12O6/c1-6-39-24(12-18(3)36)32(51)42-34-41-23-15-21(31(38)50)17-27(53-5)29(23)46(34)11-9-8-10-45-28-22(14-20(30(37)49)16-26(28)48)40-35(45)43-33(52)25-13-19(4)44-47(25)7-2/h8-9,12-17,48H,6-7,10-11,36H2,1-5H3,(H2,37,49)(H2,38,50)(H,40,43,52)(H,41,42,51)/b9-8+,18-12-,39-24?. The molecule has 0 fully saturated rings. The second kappa shape index (κ2) is 15.5. The van der Waals surface area contributed by atoms with E-state index < -0.39 is 23.6 Å². The zero-order valence-electron chi connectivity index (χ0n) is 29.8. The van der Waals surface area contributed by atoms with Crippen LogP contribution in [0.25, 0.3) is 22.1 Å². The monoisotopic (exact) mass is 724 g/mol. The number of fused-ring (bicyclic) bond motifs is 2. The van der Waals surface area contributed by atoms with Gasteiger partial charge in [-0.3, -0.25) is 39.5 Å². The number of nitrogens with zero attached hydrogens (tertiary/aromatic N) is 7. The van der Waals surface area contributed by atoms with Crippen molar-refractivity contribution in [3.63, 3.8) is 0 Å². The van der Waals surface area contributed by atoms with Gasteiger partial charge in [0.05, 0.1) is 23.8 Å². The van der Waals surface area contributed by atoms with Crippen LogP contribution in [0.5, 0.6) is 11.5 Å². The minimum absolute atomic E-state index is 0.0343. The summed E-state index contributed by atoms with van der Waals surface area (Å²) in [6.45, 7) is 8.01. The van der Waals surface area contributed by atoms with Gasteiger partial charge in [0.25, 0.3) is 11.8 Å². The number of carbonyl (C=O) groups is 4. The molecule has 0 unspecified atom stereocenters. The molecule has 3 heterocycles. The maximum Gasteiger partial charge on any atom is 0.276 e. The van der Waals surface area contributed by atoms with E-state index in [-0.39, 0.29) is 64.4 Å². The number of aryl methyl sites for hydroxylation is 2. The second-order valence-electron chi connectivity index (χ2n) is 11.8. The molecule has 0 aliphatic carbocycles. The summed E-state index contributed by atoms with van der Waals surface area (Å²) in [4.78, 5) is 64.2. The normalized spacial score (nSPS) is 12.2. The highest BCUT2D eigenvalue weighted by Crippen LogP contribution is 2.32. The Balaban J connectivity index is 1.55. The number of methoxy groups -OCH3 is 1. The van der Waals surface area contributed by atoms with Crippen molar-refractivity contribution in [2.75, 3.05) is 24.3 Å². The summed E-state index contributed by atoms with van der Waals surface area (Å²) >= 11 is 0. The molecule has 9 N–H and O–H groups in total. The zero-order valence-corrected chi connectivity index (χ0v) is 29.8. The molecule has 2 aromatic carbocycles. The third-order valence-electron chi connectivity index (χ3n) is 7.97. The zero-order chi connectivity index (χ0) is 38.6. The van der Waals surface area contributed by atoms with Crippen molar-refractivity contribution in [3.05, 3.63) is 76.8 Å². The number of primary amides is 2. The van der Waals surface area contributed by atoms with Crippen molar-refractivity contribution in [1.29, 1.82) is 0 Å². The maximum atomic E-state index is 13.4. The van der Waals surface area contributed by atoms with E-state index in [1.807, 2.05) is 6.92 Å². The lowest BCUT2D eigenvalue weighted by Crippen LogP contribution is -2.24. The van der Waals surface area contributed by atoms with Gasteiger partial charge in [0.2, 0.25) is 23.7 Å². The highest BCUT2D eigenvalue weighted by Gasteiger charge is 2.22. The number of rotatable bonds is 14. The number of imidazole rings is 2. The molecule has 4 amide bonds. The van der Waals surface area contributed by atoms with Gasteiger partial charge in [0, 0.05) is 43.0 Å². The minimum atomic E-state index is -0.763. The topological polar surface area (TPSA) is 266 Å². The van der Waals surface area contributed by atoms with E-state index in [9.17, 15) is 24.3 Å². The number of carbonyl (C=O) groups excluding carboxylic acids is 4. The number of aliphatic imine (C=N–C) groups is 1. The quantitative estimate of drug-likeness (QED) is 0.0720. The van der Waals surface area contributed by atoms with Gasteiger partial charge < -0.3 is 36.2 Å². The predicted octanol–water partition coefficient (Wildman–Crippen LogP) is 2.59. The Kier molecular flexibility index (Phi) is 10.9. The molecule has 5 aromatic rings. The summed E-state index contributed by atoms with van der Waals surface area (Å²) in [5, 5.41) is 20.9. The summed E-state index contributed by atoms with van der Waals surface area (Å²) in [6, 6.07) is 7.26. The van der Waals surface area contributed by atoms with Gasteiger partial charge in [-0.25, -0.2) is 9.97 Å². The predicted molar refractivity (Wildman–Crippen MR) is 199 cm³/mol. The molecule has 0 spiro atoms. The van der Waals surface area contributed by atoms with Gasteiger partial charge in [-0.2, -0.15) is 5.10 Å². The molecule has 18 nitrogen and oxygen atoms in total. The molecular formula is C35H40N12O6. The first-order valence-corrected chi connectivity index (χ1v) is 16.5. The van der Waals surface area contributed by atoms with E-state index in [0.29, 0.717) is 41.2 Å². The van der Waals surface area contributed by atoms with Crippen molar-refractivity contribution in [2.45, 2.75) is 47.3 Å². The molecule has 276 valence electrons. The Hall–Kier alpha value is -6.98. The van der Waals surface area contributed by atoms with Crippen LogP contribution in [0, 0.1) is 6.92 Å². The molecule has 3 aromatic heterocycles. The largest absolute Gasteiger partial charge is 0.506 e. The summed E-state index contributed by atoms with van der Waals surface area (Å²) in [5.74, 6) is -2.31. The molecule has 0 aliphatic heterocycles. The van der Waals surface area contributed by atoms with E-state index in [1.165, 1.54) is 37.5 Å². The molecular weight excluding hydrogens is 684 g/mol. The average molecular weight is 725 g/mol. The molecule has 0 saturated heterocycles. The number of amides is 4.